The van der Waals surface area contributed by atoms with E-state index >= 15 is 0 Å². The van der Waals surface area contributed by atoms with Crippen LogP contribution >= 0.6 is 0 Å². The van der Waals surface area contributed by atoms with Crippen molar-refractivity contribution in [1.82, 2.24) is 24.9 Å². The van der Waals surface area contributed by atoms with E-state index in [9.17, 15) is 4.79 Å². The summed E-state index contributed by atoms with van der Waals surface area (Å²) in [6.45, 7) is 7.96. The van der Waals surface area contributed by atoms with Crippen molar-refractivity contribution in [1.29, 1.82) is 0 Å². The highest BCUT2D eigenvalue weighted by Crippen LogP contribution is 2.37. The number of aromatic nitrogens is 2. The average Bonchev–Trinajstić information content (AvgIpc) is 3.22. The Hall–Kier alpha value is -1.76. The molecule has 2 amide bonds. The molecule has 7 nitrogen and oxygen atoms in total. The summed E-state index contributed by atoms with van der Waals surface area (Å²) in [5, 5.41) is 10.5. The van der Waals surface area contributed by atoms with Gasteiger partial charge >= 0.3 is 6.03 Å². The van der Waals surface area contributed by atoms with Crippen LogP contribution in [0.5, 0.6) is 0 Å². The molecule has 23 heavy (non-hydrogen) atoms. The van der Waals surface area contributed by atoms with Gasteiger partial charge in [0.15, 0.2) is 5.82 Å². The second-order valence-corrected chi connectivity index (χ2v) is 7.09. The van der Waals surface area contributed by atoms with Crippen molar-refractivity contribution >= 4 is 11.8 Å². The number of nitrogens with zero attached hydrogens (tertiary/aromatic N) is 4. The molecule has 0 radical (unpaired) electrons. The van der Waals surface area contributed by atoms with E-state index in [1.54, 1.807) is 0 Å². The Morgan fingerprint density at radius 2 is 2.13 bits per heavy atom. The number of fused-ring (bicyclic) bond motifs is 2. The van der Waals surface area contributed by atoms with Crippen molar-refractivity contribution in [3.05, 3.63) is 11.3 Å². The average molecular weight is 318 g/mol. The summed E-state index contributed by atoms with van der Waals surface area (Å²) in [6, 6.07) is 1.06. The number of hydrogen-bond acceptors (Lipinski definition) is 4. The predicted octanol–water partition coefficient (Wildman–Crippen LogP) is 1.62. The number of anilines is 1. The molecule has 0 spiro atoms. The lowest BCUT2D eigenvalue weighted by Crippen LogP contribution is -2.59. The van der Waals surface area contributed by atoms with Crippen LogP contribution in [0, 0.1) is 0 Å². The second-order valence-electron chi connectivity index (χ2n) is 7.09. The molecule has 2 saturated heterocycles. The molecule has 0 aliphatic carbocycles. The van der Waals surface area contributed by atoms with Crippen LogP contribution in [0.4, 0.5) is 10.6 Å². The first-order chi connectivity index (χ1) is 11.1. The minimum absolute atomic E-state index is 0.0564. The Kier molecular flexibility index (Phi) is 3.48. The van der Waals surface area contributed by atoms with Crippen LogP contribution in [0.1, 0.15) is 44.0 Å². The first-order valence-corrected chi connectivity index (χ1v) is 8.66. The molecule has 3 atom stereocenters. The third-order valence-electron chi connectivity index (χ3n) is 5.78. The monoisotopic (exact) mass is 318 g/mol. The van der Waals surface area contributed by atoms with E-state index in [4.69, 9.17) is 0 Å². The van der Waals surface area contributed by atoms with Crippen molar-refractivity contribution in [2.45, 2.75) is 51.4 Å². The number of urea groups is 1. The molecule has 0 saturated carbocycles. The molecular formula is C16H26N6O. The zero-order chi connectivity index (χ0) is 16.1. The van der Waals surface area contributed by atoms with E-state index in [0.717, 1.165) is 30.2 Å². The van der Waals surface area contributed by atoms with Crippen LogP contribution in [0.15, 0.2) is 0 Å². The van der Waals surface area contributed by atoms with Gasteiger partial charge in [-0.15, -0.1) is 0 Å². The van der Waals surface area contributed by atoms with Gasteiger partial charge in [-0.25, -0.2) is 4.79 Å². The number of piperazine rings is 1. The summed E-state index contributed by atoms with van der Waals surface area (Å²) in [7, 11) is 1.87. The molecule has 7 heteroatoms. The summed E-state index contributed by atoms with van der Waals surface area (Å²) >= 11 is 0. The quantitative estimate of drug-likeness (QED) is 0.826. The van der Waals surface area contributed by atoms with E-state index in [1.165, 1.54) is 19.4 Å². The van der Waals surface area contributed by atoms with Crippen molar-refractivity contribution < 1.29 is 4.79 Å². The molecule has 3 aliphatic heterocycles. The summed E-state index contributed by atoms with van der Waals surface area (Å²) in [6.07, 6.45) is 2.49. The topological polar surface area (TPSA) is 67.5 Å². The molecule has 3 unspecified atom stereocenters. The standard InChI is InChI=1S/C16H26N6O/c1-10-7-20-6-4-5-12(20)8-21(10)16(23)22-9-13-14(11(22)2)18-19-15(13)17-3/h10-12H,4-9H2,1-3H3,(H2,17,18,19). The van der Waals surface area contributed by atoms with Crippen LogP contribution in [0.3, 0.4) is 0 Å². The maximum absolute atomic E-state index is 13.2. The van der Waals surface area contributed by atoms with Gasteiger partial charge in [-0.2, -0.15) is 5.10 Å². The van der Waals surface area contributed by atoms with Gasteiger partial charge in [0.2, 0.25) is 0 Å². The van der Waals surface area contributed by atoms with E-state index in [1.807, 2.05) is 11.9 Å². The number of aromatic amines is 1. The van der Waals surface area contributed by atoms with Crippen LogP contribution in [0.25, 0.3) is 0 Å². The highest BCUT2D eigenvalue weighted by atomic mass is 16.2. The molecule has 0 bridgehead atoms. The summed E-state index contributed by atoms with van der Waals surface area (Å²) in [5.41, 5.74) is 2.19. The third kappa shape index (κ3) is 2.21. The number of amides is 2. The van der Waals surface area contributed by atoms with Crippen LogP contribution in [0.2, 0.25) is 0 Å². The van der Waals surface area contributed by atoms with Gasteiger partial charge in [0.1, 0.15) is 0 Å². The lowest BCUT2D eigenvalue weighted by molar-refractivity contribution is 0.0580. The van der Waals surface area contributed by atoms with Gasteiger partial charge in [0.05, 0.1) is 18.3 Å². The van der Waals surface area contributed by atoms with Crippen LogP contribution in [-0.2, 0) is 6.54 Å². The second kappa shape index (κ2) is 5.40. The van der Waals surface area contributed by atoms with E-state index in [0.29, 0.717) is 12.6 Å². The highest BCUT2D eigenvalue weighted by molar-refractivity contribution is 5.77. The Morgan fingerprint density at radius 1 is 1.30 bits per heavy atom. The highest BCUT2D eigenvalue weighted by Gasteiger charge is 2.41. The van der Waals surface area contributed by atoms with Crippen molar-refractivity contribution in [3.63, 3.8) is 0 Å². The first-order valence-electron chi connectivity index (χ1n) is 8.66. The fraction of sp³-hybridized carbons (Fsp3) is 0.750. The van der Waals surface area contributed by atoms with Crippen molar-refractivity contribution in [3.8, 4) is 0 Å². The molecule has 4 heterocycles. The number of rotatable bonds is 1. The van der Waals surface area contributed by atoms with Crippen molar-refractivity contribution in [2.75, 3.05) is 32.0 Å². The normalized spacial score (nSPS) is 30.5. The molecule has 2 fully saturated rings. The molecule has 1 aromatic heterocycles. The molecular weight excluding hydrogens is 292 g/mol. The number of H-pyrrole nitrogens is 1. The van der Waals surface area contributed by atoms with Crippen molar-refractivity contribution in [2.24, 2.45) is 0 Å². The van der Waals surface area contributed by atoms with Crippen LogP contribution in [-0.4, -0.2) is 69.7 Å². The van der Waals surface area contributed by atoms with Gasteiger partial charge in [-0.3, -0.25) is 10.00 Å². The maximum Gasteiger partial charge on any atom is 0.321 e. The van der Waals surface area contributed by atoms with E-state index < -0.39 is 0 Å². The first kappa shape index (κ1) is 14.8. The van der Waals surface area contributed by atoms with Gasteiger partial charge in [0, 0.05) is 37.8 Å². The zero-order valence-corrected chi connectivity index (χ0v) is 14.2. The Labute approximate surface area is 137 Å². The number of carbonyl (C=O) groups is 1. The van der Waals surface area contributed by atoms with E-state index in [2.05, 4.69) is 39.2 Å². The SMILES string of the molecule is CNc1n[nH]c2c1CN(C(=O)N1CC3CCCN3CC1C)C2C. The maximum atomic E-state index is 13.2. The summed E-state index contributed by atoms with van der Waals surface area (Å²) in [4.78, 5) is 19.8. The van der Waals surface area contributed by atoms with Gasteiger partial charge in [0.25, 0.3) is 0 Å². The molecule has 1 aromatic rings. The lowest BCUT2D eigenvalue weighted by Gasteiger charge is -2.44. The molecule has 4 rings (SSSR count). The zero-order valence-electron chi connectivity index (χ0n) is 14.2. The van der Waals surface area contributed by atoms with Crippen LogP contribution < -0.4 is 5.32 Å². The summed E-state index contributed by atoms with van der Waals surface area (Å²) in [5.74, 6) is 0.857. The number of hydrogen-bond donors (Lipinski definition) is 2. The minimum Gasteiger partial charge on any atom is -0.371 e. The summed E-state index contributed by atoms with van der Waals surface area (Å²) < 4.78 is 0. The number of nitrogens with one attached hydrogen (secondary N) is 2. The fourth-order valence-corrected chi connectivity index (χ4v) is 4.41. The molecule has 0 aromatic carbocycles. The fourth-order valence-electron chi connectivity index (χ4n) is 4.41. The molecule has 126 valence electrons. The third-order valence-corrected chi connectivity index (χ3v) is 5.78. The number of carbonyl (C=O) groups excluding carboxylic acids is 1. The van der Waals surface area contributed by atoms with Gasteiger partial charge in [-0.05, 0) is 33.2 Å². The Balaban J connectivity index is 1.52. The smallest absolute Gasteiger partial charge is 0.321 e. The van der Waals surface area contributed by atoms with E-state index in [-0.39, 0.29) is 18.1 Å². The lowest BCUT2D eigenvalue weighted by atomic mass is 10.1. The predicted molar refractivity (Wildman–Crippen MR) is 88.3 cm³/mol. The molecule has 2 N–H and O–H groups in total. The Bertz CT molecular complexity index is 614. The van der Waals surface area contributed by atoms with Gasteiger partial charge < -0.3 is 15.1 Å². The largest absolute Gasteiger partial charge is 0.371 e. The minimum atomic E-state index is 0.0564. The molecule has 3 aliphatic rings. The Morgan fingerprint density at radius 3 is 2.91 bits per heavy atom. The van der Waals surface area contributed by atoms with Gasteiger partial charge in [-0.1, -0.05) is 0 Å².